The summed E-state index contributed by atoms with van der Waals surface area (Å²) < 4.78 is 4.99. The van der Waals surface area contributed by atoms with Gasteiger partial charge in [0.15, 0.2) is 5.82 Å². The number of aromatic nitrogens is 2. The van der Waals surface area contributed by atoms with E-state index in [1.807, 2.05) is 20.8 Å². The van der Waals surface area contributed by atoms with E-state index < -0.39 is 0 Å². The monoisotopic (exact) mass is 169 g/mol. The summed E-state index contributed by atoms with van der Waals surface area (Å²) in [5, 5.41) is 3.77. The first kappa shape index (κ1) is 9.19. The van der Waals surface area contributed by atoms with Gasteiger partial charge in [-0.1, -0.05) is 25.9 Å². The van der Waals surface area contributed by atoms with Crippen LogP contribution in [-0.2, 0) is 6.42 Å². The maximum Gasteiger partial charge on any atom is 0.243 e. The second-order valence-electron chi connectivity index (χ2n) is 3.17. The zero-order valence-electron chi connectivity index (χ0n) is 7.74. The lowest BCUT2D eigenvalue weighted by Gasteiger charge is -2.08. The summed E-state index contributed by atoms with van der Waals surface area (Å²) in [7, 11) is 0. The molecule has 0 saturated carbocycles. The van der Waals surface area contributed by atoms with Gasteiger partial charge in [0.25, 0.3) is 0 Å². The van der Waals surface area contributed by atoms with E-state index in [1.165, 1.54) is 0 Å². The average Bonchev–Trinajstić information content (AvgIpc) is 2.50. The molecular formula is C8H15N3O. The molecule has 0 bridgehead atoms. The Bertz CT molecular complexity index is 244. The van der Waals surface area contributed by atoms with Crippen LogP contribution in [0.5, 0.6) is 0 Å². The Morgan fingerprint density at radius 2 is 2.17 bits per heavy atom. The Kier molecular flexibility index (Phi) is 2.81. The van der Waals surface area contributed by atoms with E-state index in [4.69, 9.17) is 10.3 Å². The molecule has 0 aliphatic rings. The van der Waals surface area contributed by atoms with Crippen LogP contribution in [0, 0.1) is 5.92 Å². The second kappa shape index (κ2) is 3.67. The Balaban J connectivity index is 2.74. The van der Waals surface area contributed by atoms with Crippen LogP contribution in [0.2, 0.25) is 0 Å². The molecule has 0 spiro atoms. The lowest BCUT2D eigenvalue weighted by atomic mass is 10.1. The summed E-state index contributed by atoms with van der Waals surface area (Å²) in [6, 6.07) is -0.141. The van der Waals surface area contributed by atoms with Gasteiger partial charge in [0.05, 0.1) is 6.04 Å². The van der Waals surface area contributed by atoms with Crippen LogP contribution in [0.25, 0.3) is 0 Å². The van der Waals surface area contributed by atoms with Crippen molar-refractivity contribution in [1.29, 1.82) is 0 Å². The first-order chi connectivity index (χ1) is 5.65. The fraction of sp³-hybridized carbons (Fsp3) is 0.750. The standard InChI is InChI=1S/C8H15N3O/c1-4-6-10-8(12-11-6)7(9)5(2)3/h5,7H,4,9H2,1-3H3. The van der Waals surface area contributed by atoms with E-state index in [0.29, 0.717) is 11.8 Å². The number of nitrogens with zero attached hydrogens (tertiary/aromatic N) is 2. The largest absolute Gasteiger partial charge is 0.338 e. The van der Waals surface area contributed by atoms with Crippen molar-refractivity contribution in [1.82, 2.24) is 10.1 Å². The molecular weight excluding hydrogens is 154 g/mol. The molecule has 1 aromatic rings. The van der Waals surface area contributed by atoms with Crippen molar-refractivity contribution in [2.75, 3.05) is 0 Å². The summed E-state index contributed by atoms with van der Waals surface area (Å²) in [5.41, 5.74) is 5.81. The first-order valence-corrected chi connectivity index (χ1v) is 4.23. The molecule has 1 heterocycles. The number of hydrogen-bond donors (Lipinski definition) is 1. The van der Waals surface area contributed by atoms with Crippen LogP contribution in [0.4, 0.5) is 0 Å². The van der Waals surface area contributed by atoms with E-state index in [1.54, 1.807) is 0 Å². The predicted octanol–water partition coefficient (Wildman–Crippen LogP) is 1.29. The van der Waals surface area contributed by atoms with Crippen LogP contribution >= 0.6 is 0 Å². The van der Waals surface area contributed by atoms with Gasteiger partial charge in [-0.15, -0.1) is 0 Å². The molecule has 0 aromatic carbocycles. The predicted molar refractivity (Wildman–Crippen MR) is 45.4 cm³/mol. The summed E-state index contributed by atoms with van der Waals surface area (Å²) in [4.78, 5) is 4.15. The lowest BCUT2D eigenvalue weighted by molar-refractivity contribution is 0.322. The van der Waals surface area contributed by atoms with Gasteiger partial charge in [-0.2, -0.15) is 4.98 Å². The van der Waals surface area contributed by atoms with Gasteiger partial charge in [0, 0.05) is 6.42 Å². The summed E-state index contributed by atoms with van der Waals surface area (Å²) in [6.07, 6.45) is 0.786. The minimum Gasteiger partial charge on any atom is -0.338 e. The van der Waals surface area contributed by atoms with Crippen molar-refractivity contribution < 1.29 is 4.52 Å². The third-order valence-corrected chi connectivity index (χ3v) is 1.80. The molecule has 0 aliphatic heterocycles. The van der Waals surface area contributed by atoms with Crippen molar-refractivity contribution in [2.45, 2.75) is 33.2 Å². The normalized spacial score (nSPS) is 13.8. The lowest BCUT2D eigenvalue weighted by Crippen LogP contribution is -2.17. The third kappa shape index (κ3) is 1.82. The average molecular weight is 169 g/mol. The molecule has 1 aromatic heterocycles. The van der Waals surface area contributed by atoms with Gasteiger partial charge in [-0.05, 0) is 5.92 Å². The smallest absolute Gasteiger partial charge is 0.243 e. The van der Waals surface area contributed by atoms with Crippen LogP contribution in [0.1, 0.15) is 38.5 Å². The quantitative estimate of drug-likeness (QED) is 0.740. The minimum absolute atomic E-state index is 0.141. The molecule has 4 heteroatoms. The molecule has 0 saturated heterocycles. The highest BCUT2D eigenvalue weighted by Crippen LogP contribution is 2.16. The fourth-order valence-corrected chi connectivity index (χ4v) is 0.832. The fourth-order valence-electron chi connectivity index (χ4n) is 0.832. The van der Waals surface area contributed by atoms with Gasteiger partial charge < -0.3 is 10.3 Å². The molecule has 4 nitrogen and oxygen atoms in total. The van der Waals surface area contributed by atoms with E-state index in [0.717, 1.165) is 12.2 Å². The Morgan fingerprint density at radius 1 is 1.50 bits per heavy atom. The number of aryl methyl sites for hydroxylation is 1. The molecule has 68 valence electrons. The van der Waals surface area contributed by atoms with Crippen LogP contribution in [0.3, 0.4) is 0 Å². The van der Waals surface area contributed by atoms with Gasteiger partial charge in [0.1, 0.15) is 0 Å². The van der Waals surface area contributed by atoms with E-state index >= 15 is 0 Å². The molecule has 0 radical (unpaired) electrons. The van der Waals surface area contributed by atoms with Gasteiger partial charge in [-0.3, -0.25) is 0 Å². The maximum absolute atomic E-state index is 5.81. The molecule has 1 rings (SSSR count). The van der Waals surface area contributed by atoms with E-state index in [9.17, 15) is 0 Å². The molecule has 0 aliphatic carbocycles. The Morgan fingerprint density at radius 3 is 2.58 bits per heavy atom. The van der Waals surface area contributed by atoms with Crippen molar-refractivity contribution in [2.24, 2.45) is 11.7 Å². The Labute approximate surface area is 72.1 Å². The van der Waals surface area contributed by atoms with E-state index in [2.05, 4.69) is 10.1 Å². The van der Waals surface area contributed by atoms with Crippen molar-refractivity contribution in [3.05, 3.63) is 11.7 Å². The third-order valence-electron chi connectivity index (χ3n) is 1.80. The highest BCUT2D eigenvalue weighted by atomic mass is 16.5. The molecule has 2 N–H and O–H groups in total. The van der Waals surface area contributed by atoms with Crippen LogP contribution < -0.4 is 5.73 Å². The minimum atomic E-state index is -0.141. The zero-order valence-corrected chi connectivity index (χ0v) is 7.74. The molecule has 1 unspecified atom stereocenters. The highest BCUT2D eigenvalue weighted by molar-refractivity contribution is 4.92. The SMILES string of the molecule is CCc1noc(C(N)C(C)C)n1. The van der Waals surface area contributed by atoms with Crippen molar-refractivity contribution in [3.63, 3.8) is 0 Å². The second-order valence-corrected chi connectivity index (χ2v) is 3.17. The molecule has 0 fully saturated rings. The van der Waals surface area contributed by atoms with Gasteiger partial charge in [0.2, 0.25) is 5.89 Å². The highest BCUT2D eigenvalue weighted by Gasteiger charge is 2.16. The summed E-state index contributed by atoms with van der Waals surface area (Å²) in [6.45, 7) is 6.04. The molecule has 1 atom stereocenters. The molecule has 12 heavy (non-hydrogen) atoms. The van der Waals surface area contributed by atoms with Crippen LogP contribution in [-0.4, -0.2) is 10.1 Å². The van der Waals surface area contributed by atoms with E-state index in [-0.39, 0.29) is 6.04 Å². The number of nitrogens with two attached hydrogens (primary N) is 1. The van der Waals surface area contributed by atoms with Gasteiger partial charge in [-0.25, -0.2) is 0 Å². The zero-order chi connectivity index (χ0) is 9.14. The first-order valence-electron chi connectivity index (χ1n) is 4.23. The number of hydrogen-bond acceptors (Lipinski definition) is 4. The van der Waals surface area contributed by atoms with Crippen LogP contribution in [0.15, 0.2) is 4.52 Å². The number of rotatable bonds is 3. The van der Waals surface area contributed by atoms with Crippen molar-refractivity contribution in [3.8, 4) is 0 Å². The van der Waals surface area contributed by atoms with Gasteiger partial charge >= 0.3 is 0 Å². The maximum atomic E-state index is 5.81. The summed E-state index contributed by atoms with van der Waals surface area (Å²) >= 11 is 0. The topological polar surface area (TPSA) is 64.9 Å². The Hall–Kier alpha value is -0.900. The van der Waals surface area contributed by atoms with Crippen molar-refractivity contribution >= 4 is 0 Å². The summed E-state index contributed by atoms with van der Waals surface area (Å²) in [5.74, 6) is 1.60. The molecule has 0 amide bonds.